The number of esters is 1. The van der Waals surface area contributed by atoms with E-state index in [9.17, 15) is 14.4 Å². The first-order chi connectivity index (χ1) is 18.0. The summed E-state index contributed by atoms with van der Waals surface area (Å²) in [6.45, 7) is 3.56. The number of anilines is 1. The molecule has 0 spiro atoms. The predicted molar refractivity (Wildman–Crippen MR) is 141 cm³/mol. The van der Waals surface area contributed by atoms with Crippen LogP contribution < -0.4 is 16.2 Å². The number of amidine groups is 1. The molecule has 0 radical (unpaired) electrons. The molecule has 1 amide bonds. The van der Waals surface area contributed by atoms with E-state index < -0.39 is 11.9 Å². The zero-order chi connectivity index (χ0) is 25.9. The highest BCUT2D eigenvalue weighted by Gasteiger charge is 2.27. The molecule has 0 unspecified atom stereocenters. The number of nitrogens with one attached hydrogen (secondary N) is 2. The zero-order valence-electron chi connectivity index (χ0n) is 20.2. The van der Waals surface area contributed by atoms with Crippen molar-refractivity contribution in [1.29, 1.82) is 0 Å². The van der Waals surface area contributed by atoms with Crippen LogP contribution in [0.2, 0.25) is 0 Å². The van der Waals surface area contributed by atoms with Crippen LogP contribution in [-0.2, 0) is 9.53 Å². The monoisotopic (exact) mass is 493 g/mol. The Morgan fingerprint density at radius 1 is 0.946 bits per heavy atom. The molecule has 184 valence electrons. The van der Waals surface area contributed by atoms with Crippen molar-refractivity contribution in [1.82, 2.24) is 15.1 Å². The van der Waals surface area contributed by atoms with Gasteiger partial charge >= 0.3 is 5.97 Å². The Morgan fingerprint density at radius 3 is 2.38 bits per heavy atom. The van der Waals surface area contributed by atoms with Gasteiger partial charge in [-0.3, -0.25) is 9.59 Å². The van der Waals surface area contributed by atoms with Gasteiger partial charge in [0.15, 0.2) is 5.69 Å². The molecule has 0 saturated carbocycles. The van der Waals surface area contributed by atoms with Crippen LogP contribution in [-0.4, -0.2) is 34.1 Å². The van der Waals surface area contributed by atoms with E-state index >= 15 is 0 Å². The molecular weight excluding hydrogens is 470 g/mol. The summed E-state index contributed by atoms with van der Waals surface area (Å²) >= 11 is 0. The Hall–Kier alpha value is -5.05. The first-order valence-corrected chi connectivity index (χ1v) is 11.7. The summed E-state index contributed by atoms with van der Waals surface area (Å²) in [5.41, 5.74) is 1.93. The zero-order valence-corrected chi connectivity index (χ0v) is 20.2. The number of allylic oxidation sites excluding steroid dienone is 1. The molecule has 1 aliphatic rings. The maximum absolute atomic E-state index is 13.7. The summed E-state index contributed by atoms with van der Waals surface area (Å²) in [5, 5.41) is 11.1. The fourth-order valence-corrected chi connectivity index (χ4v) is 4.11. The van der Waals surface area contributed by atoms with Gasteiger partial charge < -0.3 is 15.4 Å². The Balaban J connectivity index is 1.65. The Morgan fingerprint density at radius 2 is 1.62 bits per heavy atom. The fraction of sp³-hybridized carbons (Fsp3) is 0.107. The molecule has 5 rings (SSSR count). The lowest BCUT2D eigenvalue weighted by atomic mass is 10.1. The van der Waals surface area contributed by atoms with Crippen molar-refractivity contribution < 1.29 is 14.3 Å². The molecule has 0 aliphatic carbocycles. The van der Waals surface area contributed by atoms with E-state index in [1.165, 1.54) is 4.68 Å². The van der Waals surface area contributed by atoms with Crippen LogP contribution in [0.1, 0.15) is 24.3 Å². The number of benzene rings is 3. The molecule has 0 fully saturated rings. The highest BCUT2D eigenvalue weighted by atomic mass is 16.5. The second kappa shape index (κ2) is 9.90. The Kier molecular flexibility index (Phi) is 6.34. The number of para-hydroxylation sites is 3. The summed E-state index contributed by atoms with van der Waals surface area (Å²) in [7, 11) is 0. The maximum atomic E-state index is 13.7. The number of carbonyl (C=O) groups excluding carboxylic acids is 2. The summed E-state index contributed by atoms with van der Waals surface area (Å²) in [5.74, 6) is -1.25. The smallest absolute Gasteiger partial charge is 0.343 e. The highest BCUT2D eigenvalue weighted by molar-refractivity contribution is 6.26. The minimum absolute atomic E-state index is 0.00751. The van der Waals surface area contributed by atoms with E-state index in [-0.39, 0.29) is 29.3 Å². The van der Waals surface area contributed by atoms with Crippen LogP contribution in [0.3, 0.4) is 0 Å². The number of carbonyl (C=O) groups is 2. The number of rotatable bonds is 4. The van der Waals surface area contributed by atoms with Gasteiger partial charge in [0.2, 0.25) is 0 Å². The number of aromatic nitrogens is 2. The number of nitrogens with zero attached hydrogens (tertiary/aromatic N) is 3. The van der Waals surface area contributed by atoms with E-state index in [2.05, 4.69) is 20.7 Å². The average Bonchev–Trinajstić information content (AvgIpc) is 3.04. The molecule has 0 atom stereocenters. The Labute approximate surface area is 212 Å². The SMILES string of the molecule is CCOC(=O)C1=C(C)Nc2ccccc2N=C1NC(=O)c1nn(-c2ccccc2)c(=O)c2ccccc12. The third kappa shape index (κ3) is 4.50. The molecule has 2 heterocycles. The average molecular weight is 494 g/mol. The van der Waals surface area contributed by atoms with Crippen LogP contribution in [0.5, 0.6) is 0 Å². The van der Waals surface area contributed by atoms with Crippen molar-refractivity contribution in [2.75, 3.05) is 11.9 Å². The minimum atomic E-state index is -0.633. The number of hydrogen-bond donors (Lipinski definition) is 2. The molecule has 9 heteroatoms. The van der Waals surface area contributed by atoms with Gasteiger partial charge in [-0.05, 0) is 44.2 Å². The third-order valence-electron chi connectivity index (χ3n) is 5.80. The molecule has 0 saturated heterocycles. The van der Waals surface area contributed by atoms with Gasteiger partial charge in [0.25, 0.3) is 11.5 Å². The standard InChI is InChI=1S/C28H23N5O4/c1-3-37-28(36)23-17(2)29-21-15-9-10-16-22(21)30-25(23)31-26(34)24-19-13-7-8-14-20(19)27(35)33(32-24)18-11-5-4-6-12-18/h4-16,29H,3H2,1-2H3,(H,30,31,34). The molecule has 37 heavy (non-hydrogen) atoms. The molecule has 3 aromatic carbocycles. The van der Waals surface area contributed by atoms with E-state index in [4.69, 9.17) is 4.74 Å². The topological polar surface area (TPSA) is 115 Å². The molecule has 1 aliphatic heterocycles. The van der Waals surface area contributed by atoms with Crippen molar-refractivity contribution in [2.45, 2.75) is 13.8 Å². The normalized spacial score (nSPS) is 12.8. The van der Waals surface area contributed by atoms with Crippen molar-refractivity contribution in [3.8, 4) is 5.69 Å². The van der Waals surface area contributed by atoms with Gasteiger partial charge in [0, 0.05) is 11.1 Å². The van der Waals surface area contributed by atoms with Crippen molar-refractivity contribution >= 4 is 39.9 Å². The molecular formula is C28H23N5O4. The van der Waals surface area contributed by atoms with Gasteiger partial charge in [-0.1, -0.05) is 48.5 Å². The second-order valence-electron chi connectivity index (χ2n) is 8.22. The second-order valence-corrected chi connectivity index (χ2v) is 8.22. The largest absolute Gasteiger partial charge is 0.462 e. The lowest BCUT2D eigenvalue weighted by molar-refractivity contribution is -0.137. The Bertz CT molecular complexity index is 1650. The van der Waals surface area contributed by atoms with E-state index in [1.54, 1.807) is 74.5 Å². The van der Waals surface area contributed by atoms with Gasteiger partial charge in [0.1, 0.15) is 11.4 Å². The van der Waals surface area contributed by atoms with E-state index in [1.807, 2.05) is 18.2 Å². The molecule has 9 nitrogen and oxygen atoms in total. The first-order valence-electron chi connectivity index (χ1n) is 11.7. The van der Waals surface area contributed by atoms with Crippen LogP contribution in [0.4, 0.5) is 11.4 Å². The molecule has 4 aromatic rings. The first kappa shape index (κ1) is 23.7. The summed E-state index contributed by atoms with van der Waals surface area (Å²) in [4.78, 5) is 44.4. The quantitative estimate of drug-likeness (QED) is 0.414. The third-order valence-corrected chi connectivity index (χ3v) is 5.80. The van der Waals surface area contributed by atoms with Crippen molar-refractivity contribution in [3.63, 3.8) is 0 Å². The fourth-order valence-electron chi connectivity index (χ4n) is 4.11. The summed E-state index contributed by atoms with van der Waals surface area (Å²) in [6, 6.07) is 22.8. The predicted octanol–water partition coefficient (Wildman–Crippen LogP) is 4.11. The lowest BCUT2D eigenvalue weighted by Crippen LogP contribution is -2.37. The van der Waals surface area contributed by atoms with Gasteiger partial charge in [-0.15, -0.1) is 0 Å². The van der Waals surface area contributed by atoms with E-state index in [0.717, 1.165) is 0 Å². The van der Waals surface area contributed by atoms with Gasteiger partial charge in [0.05, 0.1) is 29.1 Å². The van der Waals surface area contributed by atoms with E-state index in [0.29, 0.717) is 33.5 Å². The maximum Gasteiger partial charge on any atom is 0.343 e. The molecule has 1 aromatic heterocycles. The van der Waals surface area contributed by atoms with Crippen LogP contribution >= 0.6 is 0 Å². The number of fused-ring (bicyclic) bond motifs is 2. The molecule has 2 N–H and O–H groups in total. The number of ether oxygens (including phenoxy) is 1. The summed E-state index contributed by atoms with van der Waals surface area (Å²) in [6.07, 6.45) is 0. The lowest BCUT2D eigenvalue weighted by Gasteiger charge is -2.14. The van der Waals surface area contributed by atoms with Crippen LogP contribution in [0.25, 0.3) is 16.5 Å². The van der Waals surface area contributed by atoms with Gasteiger partial charge in [-0.25, -0.2) is 9.79 Å². The number of aliphatic imine (C=N–C) groups is 1. The highest BCUT2D eigenvalue weighted by Crippen LogP contribution is 2.30. The van der Waals surface area contributed by atoms with Crippen molar-refractivity contribution in [2.24, 2.45) is 4.99 Å². The van der Waals surface area contributed by atoms with Crippen molar-refractivity contribution in [3.05, 3.63) is 106 Å². The summed E-state index contributed by atoms with van der Waals surface area (Å²) < 4.78 is 6.45. The number of hydrogen-bond acceptors (Lipinski definition) is 7. The van der Waals surface area contributed by atoms with Crippen LogP contribution in [0.15, 0.2) is 99.9 Å². The molecule has 0 bridgehead atoms. The van der Waals surface area contributed by atoms with Crippen LogP contribution in [0, 0.1) is 0 Å². The number of amides is 1. The van der Waals surface area contributed by atoms with Gasteiger partial charge in [-0.2, -0.15) is 9.78 Å². The minimum Gasteiger partial charge on any atom is -0.462 e.